The largest absolute Gasteiger partial charge is 0.573 e. The van der Waals surface area contributed by atoms with Gasteiger partial charge in [-0.1, -0.05) is 18.6 Å². The summed E-state index contributed by atoms with van der Waals surface area (Å²) in [6, 6.07) is 5.06. The lowest BCUT2D eigenvalue weighted by Crippen LogP contribution is -2.20. The van der Waals surface area contributed by atoms with E-state index in [0.717, 1.165) is 37.7 Å². The van der Waals surface area contributed by atoms with Crippen LogP contribution in [0, 0.1) is 0 Å². The smallest absolute Gasteiger partial charge is 0.405 e. The lowest BCUT2D eigenvalue weighted by Gasteiger charge is -2.30. The molecule has 0 saturated heterocycles. The summed E-state index contributed by atoms with van der Waals surface area (Å²) in [5.41, 5.74) is 1.72. The Balaban J connectivity index is 1.85. The average Bonchev–Trinajstić information content (AvgIpc) is 2.38. The van der Waals surface area contributed by atoms with E-state index in [2.05, 4.69) is 4.74 Å². The van der Waals surface area contributed by atoms with Crippen molar-refractivity contribution in [2.45, 2.75) is 63.1 Å². The molecule has 1 aromatic rings. The molecule has 0 atom stereocenters. The maximum absolute atomic E-state index is 12.5. The minimum Gasteiger partial charge on any atom is -0.405 e. The van der Waals surface area contributed by atoms with Crippen molar-refractivity contribution in [2.24, 2.45) is 0 Å². The van der Waals surface area contributed by atoms with Crippen LogP contribution in [0.4, 0.5) is 13.2 Å². The summed E-state index contributed by atoms with van der Waals surface area (Å²) < 4.78 is 41.8. The summed E-state index contributed by atoms with van der Waals surface area (Å²) in [6.07, 6.45) is 0.969. The van der Waals surface area contributed by atoms with Crippen LogP contribution >= 0.6 is 0 Å². The van der Waals surface area contributed by atoms with Gasteiger partial charge in [-0.3, -0.25) is 4.79 Å². The average molecular weight is 312 g/mol. The Morgan fingerprint density at radius 1 is 1.00 bits per heavy atom. The van der Waals surface area contributed by atoms with E-state index in [-0.39, 0.29) is 23.4 Å². The first-order chi connectivity index (χ1) is 10.4. The lowest BCUT2D eigenvalue weighted by molar-refractivity contribution is -0.275. The molecule has 0 N–H and O–H groups in total. The standard InChI is InChI=1S/C17H19F3O2/c18-17(19,20)22-16-9-6-13(10-15(16)12-2-1-3-12)11-4-7-14(21)8-5-11/h6,9-12H,1-5,7-8H2. The number of ether oxygens (including phenoxy) is 1. The van der Waals surface area contributed by atoms with Gasteiger partial charge in [0.25, 0.3) is 0 Å². The summed E-state index contributed by atoms with van der Waals surface area (Å²) >= 11 is 0. The highest BCUT2D eigenvalue weighted by atomic mass is 19.4. The molecule has 3 rings (SSSR count). The molecule has 2 aliphatic carbocycles. The van der Waals surface area contributed by atoms with Crippen molar-refractivity contribution in [2.75, 3.05) is 0 Å². The second-order valence-corrected chi connectivity index (χ2v) is 6.29. The highest BCUT2D eigenvalue weighted by Gasteiger charge is 2.34. The molecule has 0 amide bonds. The van der Waals surface area contributed by atoms with Crippen molar-refractivity contribution < 1.29 is 22.7 Å². The van der Waals surface area contributed by atoms with Crippen LogP contribution in [-0.2, 0) is 4.79 Å². The number of hydrogen-bond acceptors (Lipinski definition) is 2. The van der Waals surface area contributed by atoms with Crippen LogP contribution in [0.3, 0.4) is 0 Å². The number of carbonyl (C=O) groups is 1. The quantitative estimate of drug-likeness (QED) is 0.778. The fourth-order valence-corrected chi connectivity index (χ4v) is 3.35. The summed E-state index contributed by atoms with van der Waals surface area (Å²) in [7, 11) is 0. The molecule has 1 aromatic carbocycles. The van der Waals surface area contributed by atoms with Crippen molar-refractivity contribution in [3.8, 4) is 5.75 Å². The Kier molecular flexibility index (Phi) is 4.15. The Hall–Kier alpha value is -1.52. The molecule has 2 saturated carbocycles. The second-order valence-electron chi connectivity index (χ2n) is 6.29. The summed E-state index contributed by atoms with van der Waals surface area (Å²) in [5.74, 6) is 0.666. The van der Waals surface area contributed by atoms with Gasteiger partial charge in [0.05, 0.1) is 0 Å². The SMILES string of the molecule is O=C1CCC(c2ccc(OC(F)(F)F)c(C3CCC3)c2)CC1. The second kappa shape index (κ2) is 5.94. The van der Waals surface area contributed by atoms with E-state index in [9.17, 15) is 18.0 Å². The van der Waals surface area contributed by atoms with Gasteiger partial charge in [-0.2, -0.15) is 0 Å². The molecule has 0 aromatic heterocycles. The number of Topliss-reactive ketones (excluding diaryl/α,β-unsaturated/α-hetero) is 1. The molecule has 0 radical (unpaired) electrons. The molecule has 2 aliphatic rings. The third kappa shape index (κ3) is 3.45. The Morgan fingerprint density at radius 3 is 2.23 bits per heavy atom. The highest BCUT2D eigenvalue weighted by molar-refractivity contribution is 5.79. The van der Waals surface area contributed by atoms with Crippen LogP contribution in [0.5, 0.6) is 5.75 Å². The number of halogens is 3. The van der Waals surface area contributed by atoms with Gasteiger partial charge < -0.3 is 4.74 Å². The van der Waals surface area contributed by atoms with Crippen LogP contribution in [0.1, 0.15) is 67.9 Å². The fraction of sp³-hybridized carbons (Fsp3) is 0.588. The first kappa shape index (κ1) is 15.4. The molecule has 0 heterocycles. The van der Waals surface area contributed by atoms with E-state index in [4.69, 9.17) is 0 Å². The van der Waals surface area contributed by atoms with E-state index < -0.39 is 6.36 Å². The van der Waals surface area contributed by atoms with Crippen LogP contribution in [0.15, 0.2) is 18.2 Å². The molecule has 22 heavy (non-hydrogen) atoms. The number of benzene rings is 1. The van der Waals surface area contributed by atoms with Gasteiger partial charge >= 0.3 is 6.36 Å². The minimum atomic E-state index is -4.66. The Morgan fingerprint density at radius 2 is 1.68 bits per heavy atom. The van der Waals surface area contributed by atoms with Crippen molar-refractivity contribution in [3.05, 3.63) is 29.3 Å². The first-order valence-corrected chi connectivity index (χ1v) is 7.83. The molecule has 120 valence electrons. The monoisotopic (exact) mass is 312 g/mol. The third-order valence-electron chi connectivity index (χ3n) is 4.82. The molecule has 0 spiro atoms. The number of carbonyl (C=O) groups excluding carboxylic acids is 1. The van der Waals surface area contributed by atoms with E-state index in [0.29, 0.717) is 18.4 Å². The molecule has 2 fully saturated rings. The van der Waals surface area contributed by atoms with Gasteiger partial charge in [0.2, 0.25) is 0 Å². The predicted molar refractivity (Wildman–Crippen MR) is 75.9 cm³/mol. The summed E-state index contributed by atoms with van der Waals surface area (Å²) in [6.45, 7) is 0. The van der Waals surface area contributed by atoms with Crippen LogP contribution in [-0.4, -0.2) is 12.1 Å². The maximum Gasteiger partial charge on any atom is 0.573 e. The number of ketones is 1. The number of alkyl halides is 3. The van der Waals surface area contributed by atoms with Crippen molar-refractivity contribution in [1.82, 2.24) is 0 Å². The molecule has 0 unspecified atom stereocenters. The molecule has 2 nitrogen and oxygen atoms in total. The van der Waals surface area contributed by atoms with E-state index in [1.165, 1.54) is 6.07 Å². The number of hydrogen-bond donors (Lipinski definition) is 0. The zero-order chi connectivity index (χ0) is 15.7. The predicted octanol–water partition coefficient (Wildman–Crippen LogP) is 5.08. The van der Waals surface area contributed by atoms with E-state index in [1.807, 2.05) is 6.07 Å². The van der Waals surface area contributed by atoms with Gasteiger partial charge in [-0.15, -0.1) is 13.2 Å². The van der Waals surface area contributed by atoms with Crippen LogP contribution in [0.2, 0.25) is 0 Å². The van der Waals surface area contributed by atoms with Crippen LogP contribution in [0.25, 0.3) is 0 Å². The van der Waals surface area contributed by atoms with Gasteiger partial charge in [-0.25, -0.2) is 0 Å². The Bertz CT molecular complexity index is 552. The highest BCUT2D eigenvalue weighted by Crippen LogP contribution is 2.44. The van der Waals surface area contributed by atoms with E-state index >= 15 is 0 Å². The van der Waals surface area contributed by atoms with Crippen molar-refractivity contribution in [1.29, 1.82) is 0 Å². The summed E-state index contributed by atoms with van der Waals surface area (Å²) in [4.78, 5) is 11.3. The van der Waals surface area contributed by atoms with Crippen LogP contribution < -0.4 is 4.74 Å². The first-order valence-electron chi connectivity index (χ1n) is 7.83. The minimum absolute atomic E-state index is 0.0622. The van der Waals surface area contributed by atoms with E-state index in [1.54, 1.807) is 6.07 Å². The molecule has 5 heteroatoms. The molecule has 0 aliphatic heterocycles. The third-order valence-corrected chi connectivity index (χ3v) is 4.82. The molecular weight excluding hydrogens is 293 g/mol. The normalized spacial score (nSPS) is 20.8. The van der Waals surface area contributed by atoms with Gasteiger partial charge in [-0.05, 0) is 54.7 Å². The fourth-order valence-electron chi connectivity index (χ4n) is 3.35. The molecular formula is C17H19F3O2. The van der Waals surface area contributed by atoms with Crippen molar-refractivity contribution >= 4 is 5.78 Å². The van der Waals surface area contributed by atoms with Crippen molar-refractivity contribution in [3.63, 3.8) is 0 Å². The zero-order valence-electron chi connectivity index (χ0n) is 12.3. The Labute approximate surface area is 127 Å². The lowest BCUT2D eigenvalue weighted by atomic mass is 9.77. The maximum atomic E-state index is 12.5. The zero-order valence-corrected chi connectivity index (χ0v) is 12.3. The van der Waals surface area contributed by atoms with Gasteiger partial charge in [0.15, 0.2) is 0 Å². The summed E-state index contributed by atoms with van der Waals surface area (Å²) in [5, 5.41) is 0. The number of rotatable bonds is 3. The molecule has 0 bridgehead atoms. The van der Waals surface area contributed by atoms with Gasteiger partial charge in [0.1, 0.15) is 11.5 Å². The van der Waals surface area contributed by atoms with Gasteiger partial charge in [0, 0.05) is 12.8 Å². The topological polar surface area (TPSA) is 26.3 Å².